The predicted octanol–water partition coefficient (Wildman–Crippen LogP) is 3.36. The first-order chi connectivity index (χ1) is 9.65. The fraction of sp³-hybridized carbons (Fsp3) is 0.824. The SMILES string of the molecule is O=C1C=C(CCC2CCC3(CCC(O)CC3)CC2)CO1. The standard InChI is InChI=1S/C17H26O3/c18-15-5-9-17(10-6-15)7-3-13(4-8-17)1-2-14-11-16(19)20-12-14/h11,13,15,18H,1-10,12H2. The van der Waals surface area contributed by atoms with Crippen LogP contribution >= 0.6 is 0 Å². The molecule has 3 heteroatoms. The van der Waals surface area contributed by atoms with Crippen molar-refractivity contribution < 1.29 is 14.6 Å². The summed E-state index contributed by atoms with van der Waals surface area (Å²) in [6, 6.07) is 0. The minimum absolute atomic E-state index is 0.0369. The number of carbonyl (C=O) groups excluding carboxylic acids is 1. The summed E-state index contributed by atoms with van der Waals surface area (Å²) < 4.78 is 4.95. The molecular weight excluding hydrogens is 252 g/mol. The van der Waals surface area contributed by atoms with Crippen molar-refractivity contribution in [1.82, 2.24) is 0 Å². The van der Waals surface area contributed by atoms with Gasteiger partial charge < -0.3 is 9.84 Å². The highest BCUT2D eigenvalue weighted by molar-refractivity contribution is 5.85. The van der Waals surface area contributed by atoms with Gasteiger partial charge in [-0.1, -0.05) is 0 Å². The van der Waals surface area contributed by atoms with Crippen molar-refractivity contribution in [3.63, 3.8) is 0 Å². The molecular formula is C17H26O3. The van der Waals surface area contributed by atoms with Gasteiger partial charge in [0.1, 0.15) is 6.61 Å². The molecule has 2 saturated carbocycles. The van der Waals surface area contributed by atoms with Crippen LogP contribution in [-0.2, 0) is 9.53 Å². The molecule has 0 saturated heterocycles. The molecule has 112 valence electrons. The van der Waals surface area contributed by atoms with Crippen molar-refractivity contribution in [2.75, 3.05) is 6.61 Å². The third-order valence-electron chi connectivity index (χ3n) is 5.78. The van der Waals surface area contributed by atoms with E-state index in [2.05, 4.69) is 0 Å². The Hall–Kier alpha value is -0.830. The van der Waals surface area contributed by atoms with Crippen molar-refractivity contribution in [1.29, 1.82) is 0 Å². The van der Waals surface area contributed by atoms with E-state index >= 15 is 0 Å². The van der Waals surface area contributed by atoms with Crippen LogP contribution in [0.25, 0.3) is 0 Å². The minimum Gasteiger partial charge on any atom is -0.458 e. The van der Waals surface area contributed by atoms with Crippen LogP contribution in [0.2, 0.25) is 0 Å². The number of esters is 1. The molecule has 1 heterocycles. The maximum Gasteiger partial charge on any atom is 0.331 e. The number of aliphatic hydroxyl groups is 1. The topological polar surface area (TPSA) is 46.5 Å². The summed E-state index contributed by atoms with van der Waals surface area (Å²) in [6.45, 7) is 0.521. The quantitative estimate of drug-likeness (QED) is 0.805. The van der Waals surface area contributed by atoms with Gasteiger partial charge in [-0.05, 0) is 81.1 Å². The Morgan fingerprint density at radius 2 is 1.80 bits per heavy atom. The molecule has 0 aromatic rings. The molecule has 0 aromatic carbocycles. The number of hydrogen-bond donors (Lipinski definition) is 1. The van der Waals surface area contributed by atoms with Gasteiger partial charge in [-0.25, -0.2) is 4.79 Å². The molecule has 0 radical (unpaired) electrons. The highest BCUT2D eigenvalue weighted by atomic mass is 16.5. The third-order valence-corrected chi connectivity index (χ3v) is 5.78. The van der Waals surface area contributed by atoms with Crippen LogP contribution in [0.5, 0.6) is 0 Å². The van der Waals surface area contributed by atoms with E-state index in [0.29, 0.717) is 12.0 Å². The summed E-state index contributed by atoms with van der Waals surface area (Å²) in [5.41, 5.74) is 1.73. The average Bonchev–Trinajstić information content (AvgIpc) is 2.88. The molecule has 3 rings (SSSR count). The van der Waals surface area contributed by atoms with Crippen LogP contribution in [0.4, 0.5) is 0 Å². The number of carbonyl (C=O) groups is 1. The fourth-order valence-electron chi connectivity index (χ4n) is 4.24. The number of hydrogen-bond acceptors (Lipinski definition) is 3. The molecule has 0 amide bonds. The van der Waals surface area contributed by atoms with Crippen LogP contribution in [0.1, 0.15) is 64.2 Å². The van der Waals surface area contributed by atoms with Crippen LogP contribution < -0.4 is 0 Å². The van der Waals surface area contributed by atoms with E-state index in [1.807, 2.05) is 0 Å². The summed E-state index contributed by atoms with van der Waals surface area (Å²) >= 11 is 0. The highest BCUT2D eigenvalue weighted by Crippen LogP contribution is 2.49. The van der Waals surface area contributed by atoms with E-state index in [4.69, 9.17) is 4.74 Å². The monoisotopic (exact) mass is 278 g/mol. The van der Waals surface area contributed by atoms with Gasteiger partial charge in [0.15, 0.2) is 0 Å². The fourth-order valence-corrected chi connectivity index (χ4v) is 4.24. The lowest BCUT2D eigenvalue weighted by Gasteiger charge is -2.44. The molecule has 0 aromatic heterocycles. The first-order valence-corrected chi connectivity index (χ1v) is 8.20. The predicted molar refractivity (Wildman–Crippen MR) is 77.1 cm³/mol. The van der Waals surface area contributed by atoms with Crippen LogP contribution in [0.3, 0.4) is 0 Å². The van der Waals surface area contributed by atoms with Crippen molar-refractivity contribution >= 4 is 5.97 Å². The second-order valence-corrected chi connectivity index (χ2v) is 7.12. The molecule has 0 atom stereocenters. The average molecular weight is 278 g/mol. The second kappa shape index (κ2) is 5.88. The summed E-state index contributed by atoms with van der Waals surface area (Å²) in [6.07, 6.45) is 13.7. The van der Waals surface area contributed by atoms with Gasteiger partial charge in [-0.3, -0.25) is 0 Å². The van der Waals surface area contributed by atoms with Crippen molar-refractivity contribution in [2.45, 2.75) is 70.3 Å². The normalized spacial score (nSPS) is 37.9. The molecule has 0 unspecified atom stereocenters. The van der Waals surface area contributed by atoms with Crippen molar-refractivity contribution in [3.05, 3.63) is 11.6 Å². The van der Waals surface area contributed by atoms with Gasteiger partial charge in [0.25, 0.3) is 0 Å². The molecule has 2 fully saturated rings. The molecule has 20 heavy (non-hydrogen) atoms. The Morgan fingerprint density at radius 3 is 2.40 bits per heavy atom. The largest absolute Gasteiger partial charge is 0.458 e. The molecule has 1 N–H and O–H groups in total. The Morgan fingerprint density at radius 1 is 1.15 bits per heavy atom. The van der Waals surface area contributed by atoms with Gasteiger partial charge in [-0.15, -0.1) is 0 Å². The summed E-state index contributed by atoms with van der Waals surface area (Å²) in [5, 5.41) is 9.66. The molecule has 3 aliphatic rings. The zero-order chi connectivity index (χ0) is 14.0. The van der Waals surface area contributed by atoms with Gasteiger partial charge >= 0.3 is 5.97 Å². The van der Waals surface area contributed by atoms with E-state index < -0.39 is 0 Å². The van der Waals surface area contributed by atoms with Crippen LogP contribution in [0.15, 0.2) is 11.6 Å². The second-order valence-electron chi connectivity index (χ2n) is 7.12. The summed E-state index contributed by atoms with van der Waals surface area (Å²) in [4.78, 5) is 11.0. The first-order valence-electron chi connectivity index (χ1n) is 8.20. The Bertz CT molecular complexity index is 381. The van der Waals surface area contributed by atoms with Crippen LogP contribution in [-0.4, -0.2) is 23.8 Å². The minimum atomic E-state index is -0.164. The number of rotatable bonds is 3. The Labute approximate surface area is 121 Å². The summed E-state index contributed by atoms with van der Waals surface area (Å²) in [5.74, 6) is 0.660. The highest BCUT2D eigenvalue weighted by Gasteiger charge is 2.37. The zero-order valence-corrected chi connectivity index (χ0v) is 12.3. The number of aliphatic hydroxyl groups excluding tert-OH is 1. The van der Waals surface area contributed by atoms with E-state index in [0.717, 1.165) is 25.2 Å². The first kappa shape index (κ1) is 14.1. The van der Waals surface area contributed by atoms with Gasteiger partial charge in [0.2, 0.25) is 0 Å². The Kier molecular flexibility index (Phi) is 4.16. The van der Waals surface area contributed by atoms with E-state index in [9.17, 15) is 9.90 Å². The molecule has 3 nitrogen and oxygen atoms in total. The summed E-state index contributed by atoms with van der Waals surface area (Å²) in [7, 11) is 0. The van der Waals surface area contributed by atoms with E-state index in [-0.39, 0.29) is 12.1 Å². The molecule has 1 aliphatic heterocycles. The number of ether oxygens (including phenoxy) is 1. The van der Waals surface area contributed by atoms with E-state index in [1.165, 1.54) is 50.5 Å². The molecule has 0 bridgehead atoms. The van der Waals surface area contributed by atoms with Crippen molar-refractivity contribution in [2.24, 2.45) is 11.3 Å². The van der Waals surface area contributed by atoms with Gasteiger partial charge in [0, 0.05) is 6.08 Å². The lowest BCUT2D eigenvalue weighted by atomic mass is 9.62. The van der Waals surface area contributed by atoms with Gasteiger partial charge in [0.05, 0.1) is 6.10 Å². The third kappa shape index (κ3) is 3.25. The Balaban J connectivity index is 1.42. The zero-order valence-electron chi connectivity index (χ0n) is 12.3. The lowest BCUT2D eigenvalue weighted by molar-refractivity contribution is -0.134. The van der Waals surface area contributed by atoms with Crippen LogP contribution in [0, 0.1) is 11.3 Å². The van der Waals surface area contributed by atoms with Gasteiger partial charge in [-0.2, -0.15) is 0 Å². The van der Waals surface area contributed by atoms with Crippen molar-refractivity contribution in [3.8, 4) is 0 Å². The molecule has 2 aliphatic carbocycles. The maximum atomic E-state index is 11.0. The lowest BCUT2D eigenvalue weighted by Crippen LogP contribution is -2.33. The number of cyclic esters (lactones) is 1. The van der Waals surface area contributed by atoms with E-state index in [1.54, 1.807) is 6.08 Å². The molecule has 1 spiro atoms. The smallest absolute Gasteiger partial charge is 0.331 e. The maximum absolute atomic E-state index is 11.0.